The van der Waals surface area contributed by atoms with Crippen LogP contribution in [0.25, 0.3) is 21.8 Å². The Morgan fingerprint density at radius 2 is 1.77 bits per heavy atom. The van der Waals surface area contributed by atoms with Gasteiger partial charge in [-0.1, -0.05) is 54.2 Å². The Morgan fingerprint density at radius 3 is 2.54 bits per heavy atom. The smallest absolute Gasteiger partial charge is 0.325 e. The molecule has 0 saturated carbocycles. The zero-order chi connectivity index (χ0) is 27.4. The van der Waals surface area contributed by atoms with E-state index in [1.807, 2.05) is 30.3 Å². The van der Waals surface area contributed by atoms with Crippen molar-refractivity contribution in [2.45, 2.75) is 25.9 Å². The normalized spacial score (nSPS) is 16.0. The minimum absolute atomic E-state index is 0.0478. The third-order valence-corrected chi connectivity index (χ3v) is 6.72. The van der Waals surface area contributed by atoms with Gasteiger partial charge in [0.1, 0.15) is 12.6 Å². The monoisotopic (exact) mass is 523 g/mol. The van der Waals surface area contributed by atoms with Crippen molar-refractivity contribution in [2.75, 3.05) is 18.5 Å². The van der Waals surface area contributed by atoms with Gasteiger partial charge < -0.3 is 19.6 Å². The Kier molecular flexibility index (Phi) is 7.40. The minimum atomic E-state index is -0.882. The van der Waals surface area contributed by atoms with Crippen molar-refractivity contribution in [1.29, 1.82) is 0 Å². The highest BCUT2D eigenvalue weighted by Gasteiger charge is 2.39. The molecule has 1 aromatic heterocycles. The van der Waals surface area contributed by atoms with Crippen molar-refractivity contribution < 1.29 is 19.2 Å². The van der Waals surface area contributed by atoms with Gasteiger partial charge in [-0.3, -0.25) is 14.9 Å². The molecule has 9 heteroatoms. The molecular formula is C30H29N5O4. The van der Waals surface area contributed by atoms with E-state index in [2.05, 4.69) is 46.0 Å². The van der Waals surface area contributed by atoms with Gasteiger partial charge in [0.05, 0.1) is 12.3 Å². The fourth-order valence-corrected chi connectivity index (χ4v) is 4.93. The summed E-state index contributed by atoms with van der Waals surface area (Å²) >= 11 is 0. The number of anilines is 1. The molecule has 0 bridgehead atoms. The third kappa shape index (κ3) is 5.24. The molecule has 1 aliphatic rings. The summed E-state index contributed by atoms with van der Waals surface area (Å²) in [6.07, 6.45) is 1.73. The van der Waals surface area contributed by atoms with Crippen LogP contribution in [0.1, 0.15) is 23.7 Å². The van der Waals surface area contributed by atoms with Crippen LogP contribution in [0.4, 0.5) is 10.5 Å². The van der Waals surface area contributed by atoms with Gasteiger partial charge in [0.15, 0.2) is 0 Å². The number of hydrogen-bond acceptors (Lipinski definition) is 5. The van der Waals surface area contributed by atoms with Gasteiger partial charge in [0.25, 0.3) is 5.91 Å². The molecule has 4 amide bonds. The van der Waals surface area contributed by atoms with Crippen molar-refractivity contribution in [3.8, 4) is 0 Å². The maximum Gasteiger partial charge on any atom is 0.325 e. The number of likely N-dealkylation sites (tertiary alicyclic amines) is 1. The van der Waals surface area contributed by atoms with Crippen molar-refractivity contribution >= 4 is 51.1 Å². The van der Waals surface area contributed by atoms with Crippen LogP contribution in [-0.2, 0) is 16.2 Å². The molecule has 198 valence electrons. The van der Waals surface area contributed by atoms with Gasteiger partial charge in [-0.25, -0.2) is 4.79 Å². The zero-order valence-corrected chi connectivity index (χ0v) is 21.6. The first kappa shape index (κ1) is 25.7. The van der Waals surface area contributed by atoms with E-state index in [0.717, 1.165) is 28.4 Å². The number of para-hydroxylation sites is 1. The van der Waals surface area contributed by atoms with Gasteiger partial charge in [0, 0.05) is 46.0 Å². The number of amides is 4. The number of fused-ring (bicyclic) bond motifs is 3. The van der Waals surface area contributed by atoms with E-state index in [1.54, 1.807) is 36.4 Å². The van der Waals surface area contributed by atoms with E-state index in [1.165, 1.54) is 4.90 Å². The van der Waals surface area contributed by atoms with Crippen molar-refractivity contribution in [3.63, 3.8) is 0 Å². The molecule has 4 aromatic rings. The predicted molar refractivity (Wildman–Crippen MR) is 152 cm³/mol. The molecule has 1 fully saturated rings. The molecule has 0 radical (unpaired) electrons. The van der Waals surface area contributed by atoms with Gasteiger partial charge in [-0.2, -0.15) is 0 Å². The summed E-state index contributed by atoms with van der Waals surface area (Å²) in [6, 6.07) is 20.8. The lowest BCUT2D eigenvalue weighted by Crippen LogP contribution is -2.49. The van der Waals surface area contributed by atoms with Gasteiger partial charge in [-0.05, 0) is 43.3 Å². The van der Waals surface area contributed by atoms with E-state index in [0.29, 0.717) is 17.0 Å². The number of carbonyl (C=O) groups excluding carboxylic acids is 3. The SMILES string of the molecule is C=CCON=C1C[C@@H](C(=O)Nc2ccc3c(c2)c2ccccc2n3CC)N(C(=O)NC(=O)c2ccccc2)C1. The summed E-state index contributed by atoms with van der Waals surface area (Å²) in [5.74, 6) is -0.935. The topological polar surface area (TPSA) is 105 Å². The van der Waals surface area contributed by atoms with Crippen LogP contribution in [0.3, 0.4) is 0 Å². The summed E-state index contributed by atoms with van der Waals surface area (Å²) in [7, 11) is 0. The van der Waals surface area contributed by atoms with Gasteiger partial charge >= 0.3 is 6.03 Å². The first-order valence-corrected chi connectivity index (χ1v) is 12.8. The molecule has 1 saturated heterocycles. The average molecular weight is 524 g/mol. The molecule has 2 heterocycles. The summed E-state index contributed by atoms with van der Waals surface area (Å²) < 4.78 is 2.23. The van der Waals surface area contributed by atoms with Crippen LogP contribution in [0.5, 0.6) is 0 Å². The molecule has 2 N–H and O–H groups in total. The fraction of sp³-hybridized carbons (Fsp3) is 0.200. The molecule has 5 rings (SSSR count). The molecule has 3 aromatic carbocycles. The van der Waals surface area contributed by atoms with Crippen molar-refractivity contribution in [2.24, 2.45) is 5.16 Å². The summed E-state index contributed by atoms with van der Waals surface area (Å²) in [5, 5.41) is 11.5. The van der Waals surface area contributed by atoms with E-state index in [9.17, 15) is 14.4 Å². The molecule has 0 spiro atoms. The molecular weight excluding hydrogens is 494 g/mol. The van der Waals surface area contributed by atoms with E-state index in [-0.39, 0.29) is 25.5 Å². The van der Waals surface area contributed by atoms with Gasteiger partial charge in [-0.15, -0.1) is 0 Å². The highest BCUT2D eigenvalue weighted by atomic mass is 16.6. The molecule has 0 aliphatic carbocycles. The summed E-state index contributed by atoms with van der Waals surface area (Å²) in [5.41, 5.74) is 3.67. The highest BCUT2D eigenvalue weighted by molar-refractivity contribution is 6.12. The molecule has 1 atom stereocenters. The summed E-state index contributed by atoms with van der Waals surface area (Å²) in [6.45, 7) is 6.76. The maximum atomic E-state index is 13.5. The lowest BCUT2D eigenvalue weighted by atomic mass is 10.1. The van der Waals surface area contributed by atoms with Gasteiger partial charge in [0.2, 0.25) is 5.91 Å². The third-order valence-electron chi connectivity index (χ3n) is 6.72. The zero-order valence-electron chi connectivity index (χ0n) is 21.6. The molecule has 0 unspecified atom stereocenters. The maximum absolute atomic E-state index is 13.5. The van der Waals surface area contributed by atoms with E-state index < -0.39 is 18.0 Å². The van der Waals surface area contributed by atoms with Crippen molar-refractivity contribution in [3.05, 3.63) is 91.0 Å². The molecule has 39 heavy (non-hydrogen) atoms. The van der Waals surface area contributed by atoms with Crippen LogP contribution < -0.4 is 10.6 Å². The second-order valence-electron chi connectivity index (χ2n) is 9.20. The number of aromatic nitrogens is 1. The highest BCUT2D eigenvalue weighted by Crippen LogP contribution is 2.31. The fourth-order valence-electron chi connectivity index (χ4n) is 4.93. The Balaban J connectivity index is 1.39. The number of carbonyl (C=O) groups is 3. The standard InChI is InChI=1S/C30H29N5O4/c1-3-16-39-33-22-18-27(35(19-22)30(38)32-28(36)20-10-6-5-7-11-20)29(37)31-21-14-15-26-24(17-21)23-12-8-9-13-25(23)34(26)4-2/h3,5-15,17,27H,1,4,16,18-19H2,2H3,(H,31,37)(H,32,36,38)/t27-/m0/s1. The second-order valence-corrected chi connectivity index (χ2v) is 9.20. The largest absolute Gasteiger partial charge is 0.392 e. The number of benzene rings is 3. The number of oxime groups is 1. The Bertz CT molecular complexity index is 1590. The van der Waals surface area contributed by atoms with Crippen LogP contribution in [0, 0.1) is 0 Å². The predicted octanol–water partition coefficient (Wildman–Crippen LogP) is 4.94. The van der Waals surface area contributed by atoms with Crippen molar-refractivity contribution in [1.82, 2.24) is 14.8 Å². The number of nitrogens with zero attached hydrogens (tertiary/aromatic N) is 3. The van der Waals surface area contributed by atoms with E-state index >= 15 is 0 Å². The first-order chi connectivity index (χ1) is 19.0. The summed E-state index contributed by atoms with van der Waals surface area (Å²) in [4.78, 5) is 45.7. The number of aryl methyl sites for hydroxylation is 1. The first-order valence-electron chi connectivity index (χ1n) is 12.8. The molecule has 1 aliphatic heterocycles. The quantitative estimate of drug-likeness (QED) is 0.203. The average Bonchev–Trinajstić information content (AvgIpc) is 3.53. The van der Waals surface area contributed by atoms with E-state index in [4.69, 9.17) is 4.84 Å². The lowest BCUT2D eigenvalue weighted by Gasteiger charge is -2.23. The van der Waals surface area contributed by atoms with Crippen LogP contribution in [-0.4, -0.2) is 52.2 Å². The lowest BCUT2D eigenvalue weighted by molar-refractivity contribution is -0.119. The van der Waals surface area contributed by atoms with Crippen LogP contribution >= 0.6 is 0 Å². The second kappa shape index (κ2) is 11.2. The number of rotatable bonds is 7. The van der Waals surface area contributed by atoms with Crippen LogP contribution in [0.2, 0.25) is 0 Å². The number of hydrogen-bond donors (Lipinski definition) is 2. The minimum Gasteiger partial charge on any atom is -0.392 e. The number of nitrogens with one attached hydrogen (secondary N) is 2. The number of imide groups is 1. The Labute approximate surface area is 225 Å². The Hall–Kier alpha value is -4.92. The number of urea groups is 1. The van der Waals surface area contributed by atoms with Crippen LogP contribution in [0.15, 0.2) is 90.6 Å². The molecule has 9 nitrogen and oxygen atoms in total. The Morgan fingerprint density at radius 1 is 1.03 bits per heavy atom.